The molecule has 0 saturated carbocycles. The molecule has 0 radical (unpaired) electrons. The smallest absolute Gasteiger partial charge is 0.309 e. The van der Waals surface area contributed by atoms with Gasteiger partial charge >= 0.3 is 17.9 Å². The fourth-order valence-corrected chi connectivity index (χ4v) is 9.09. The van der Waals surface area contributed by atoms with Gasteiger partial charge in [0.25, 0.3) is 0 Å². The van der Waals surface area contributed by atoms with Crippen molar-refractivity contribution in [3.8, 4) is 0 Å². The summed E-state index contributed by atoms with van der Waals surface area (Å²) in [6.07, 6.45) is 101. The highest BCUT2D eigenvalue weighted by Crippen LogP contribution is 2.16. The summed E-state index contributed by atoms with van der Waals surface area (Å²) in [6, 6.07) is 0. The van der Waals surface area contributed by atoms with E-state index in [4.69, 9.17) is 14.2 Å². The highest BCUT2D eigenvalue weighted by Gasteiger charge is 2.19. The summed E-state index contributed by atoms with van der Waals surface area (Å²) < 4.78 is 16.9. The quantitative estimate of drug-likeness (QED) is 0.0261. The zero-order chi connectivity index (χ0) is 59.9. The van der Waals surface area contributed by atoms with Gasteiger partial charge in [0.1, 0.15) is 13.2 Å². The molecule has 0 aliphatic carbocycles. The van der Waals surface area contributed by atoms with Gasteiger partial charge in [0.2, 0.25) is 0 Å². The van der Waals surface area contributed by atoms with Crippen molar-refractivity contribution in [2.75, 3.05) is 13.2 Å². The predicted octanol–water partition coefficient (Wildman–Crippen LogP) is 23.7. The minimum atomic E-state index is -0.829. The first-order valence-electron chi connectivity index (χ1n) is 34.0. The van der Waals surface area contributed by atoms with Crippen LogP contribution in [0.1, 0.15) is 290 Å². The number of esters is 3. The second kappa shape index (κ2) is 69.5. The molecule has 0 spiro atoms. The monoisotopic (exact) mass is 1140 g/mol. The maximum absolute atomic E-state index is 12.9. The molecular formula is C77H124O6. The lowest BCUT2D eigenvalue weighted by atomic mass is 10.0. The van der Waals surface area contributed by atoms with Crippen molar-refractivity contribution in [2.45, 2.75) is 297 Å². The average Bonchev–Trinajstić information content (AvgIpc) is 3.49. The first-order valence-corrected chi connectivity index (χ1v) is 34.0. The van der Waals surface area contributed by atoms with Gasteiger partial charge in [-0.15, -0.1) is 0 Å². The zero-order valence-corrected chi connectivity index (χ0v) is 53.7. The minimum absolute atomic E-state index is 0.114. The fraction of sp³-hybridized carbons (Fsp3) is 0.623. The second-order valence-electron chi connectivity index (χ2n) is 22.0. The molecule has 0 heterocycles. The normalized spacial score (nSPS) is 13.1. The van der Waals surface area contributed by atoms with Crippen LogP contribution in [0.3, 0.4) is 0 Å². The summed E-state index contributed by atoms with van der Waals surface area (Å²) in [7, 11) is 0. The van der Waals surface area contributed by atoms with Crippen molar-refractivity contribution >= 4 is 17.9 Å². The lowest BCUT2D eigenvalue weighted by molar-refractivity contribution is -0.166. The molecule has 0 rings (SSSR count). The Hall–Kier alpha value is -4.97. The number of rotatable bonds is 60. The molecule has 0 bridgehead atoms. The Morgan fingerprint density at radius 1 is 0.253 bits per heavy atom. The van der Waals surface area contributed by atoms with Gasteiger partial charge in [-0.1, -0.05) is 307 Å². The maximum Gasteiger partial charge on any atom is 0.309 e. The van der Waals surface area contributed by atoms with Crippen molar-refractivity contribution < 1.29 is 28.6 Å². The molecule has 0 aromatic rings. The van der Waals surface area contributed by atoms with Gasteiger partial charge in [-0.3, -0.25) is 14.4 Å². The molecule has 1 unspecified atom stereocenters. The number of hydrogen-bond donors (Lipinski definition) is 0. The Morgan fingerprint density at radius 2 is 0.482 bits per heavy atom. The molecule has 0 aromatic heterocycles. The van der Waals surface area contributed by atoms with Gasteiger partial charge < -0.3 is 14.2 Å². The Balaban J connectivity index is 4.40. The number of ether oxygens (including phenoxy) is 3. The van der Waals surface area contributed by atoms with Crippen LogP contribution in [-0.2, 0) is 28.6 Å². The molecule has 0 aromatic carbocycles. The average molecular weight is 1150 g/mol. The lowest BCUT2D eigenvalue weighted by Gasteiger charge is -2.18. The van der Waals surface area contributed by atoms with Gasteiger partial charge in [-0.2, -0.15) is 0 Å². The van der Waals surface area contributed by atoms with E-state index in [2.05, 4.69) is 167 Å². The van der Waals surface area contributed by atoms with Crippen LogP contribution in [0.2, 0.25) is 0 Å². The predicted molar refractivity (Wildman–Crippen MR) is 362 cm³/mol. The van der Waals surface area contributed by atoms with Crippen LogP contribution < -0.4 is 0 Å². The molecule has 83 heavy (non-hydrogen) atoms. The van der Waals surface area contributed by atoms with Crippen molar-refractivity contribution in [1.82, 2.24) is 0 Å². The third-order valence-electron chi connectivity index (χ3n) is 14.0. The highest BCUT2D eigenvalue weighted by atomic mass is 16.6. The van der Waals surface area contributed by atoms with Gasteiger partial charge in [-0.25, -0.2) is 0 Å². The molecule has 0 aliphatic rings. The molecule has 0 aliphatic heterocycles. The Morgan fingerprint density at radius 3 is 0.783 bits per heavy atom. The second-order valence-corrected chi connectivity index (χ2v) is 22.0. The van der Waals surface area contributed by atoms with Gasteiger partial charge in [-0.05, 0) is 122 Å². The van der Waals surface area contributed by atoms with Crippen LogP contribution in [0, 0.1) is 0 Å². The first kappa shape index (κ1) is 78.0. The Labute approximate surface area is 511 Å². The number of carbonyl (C=O) groups excluding carboxylic acids is 3. The lowest BCUT2D eigenvalue weighted by Crippen LogP contribution is -2.30. The van der Waals surface area contributed by atoms with Crippen LogP contribution in [-0.4, -0.2) is 37.2 Å². The van der Waals surface area contributed by atoms with Crippen LogP contribution >= 0.6 is 0 Å². The summed E-state index contributed by atoms with van der Waals surface area (Å²) in [5.74, 6) is -1.05. The summed E-state index contributed by atoms with van der Waals surface area (Å²) in [6.45, 7) is 6.22. The third kappa shape index (κ3) is 67.7. The van der Waals surface area contributed by atoms with Crippen LogP contribution in [0.25, 0.3) is 0 Å². The van der Waals surface area contributed by atoms with E-state index in [1.54, 1.807) is 6.08 Å². The van der Waals surface area contributed by atoms with Crippen LogP contribution in [0.4, 0.5) is 0 Å². The van der Waals surface area contributed by atoms with Gasteiger partial charge in [0.15, 0.2) is 6.10 Å². The maximum atomic E-state index is 12.9. The first-order chi connectivity index (χ1) is 41.0. The molecule has 0 fully saturated rings. The Bertz CT molecular complexity index is 1840. The van der Waals surface area contributed by atoms with Crippen molar-refractivity contribution in [2.24, 2.45) is 0 Å². The van der Waals surface area contributed by atoms with E-state index in [1.165, 1.54) is 128 Å². The topological polar surface area (TPSA) is 78.9 Å². The van der Waals surface area contributed by atoms with Crippen LogP contribution in [0.5, 0.6) is 0 Å². The van der Waals surface area contributed by atoms with E-state index in [1.807, 2.05) is 6.08 Å². The summed E-state index contributed by atoms with van der Waals surface area (Å²) in [4.78, 5) is 38.4. The fourth-order valence-electron chi connectivity index (χ4n) is 9.09. The van der Waals surface area contributed by atoms with Gasteiger partial charge in [0.05, 0.1) is 6.42 Å². The highest BCUT2D eigenvalue weighted by molar-refractivity contribution is 5.72. The van der Waals surface area contributed by atoms with Crippen molar-refractivity contribution in [3.05, 3.63) is 158 Å². The third-order valence-corrected chi connectivity index (χ3v) is 14.0. The summed E-state index contributed by atoms with van der Waals surface area (Å²) >= 11 is 0. The van der Waals surface area contributed by atoms with E-state index in [0.29, 0.717) is 12.8 Å². The number of hydrogen-bond acceptors (Lipinski definition) is 6. The van der Waals surface area contributed by atoms with Crippen LogP contribution in [0.15, 0.2) is 158 Å². The summed E-state index contributed by atoms with van der Waals surface area (Å²) in [5, 5.41) is 0. The number of carbonyl (C=O) groups is 3. The van der Waals surface area contributed by atoms with E-state index >= 15 is 0 Å². The SMILES string of the molecule is CC/C=C\C/C=C\C/C=C\C/C=C\C/C=C\CC(=O)OCC(COC(=O)CCCCCCCCCCCCCCCC/C=C\C/C=C\C/C=C\C/C=C\CC)OC(=O)CCCCCCCCCCCC/C=C\C/C=C\C/C=C\C/C=C\CC. The minimum Gasteiger partial charge on any atom is -0.462 e. The molecule has 0 amide bonds. The molecule has 0 saturated heterocycles. The molecule has 6 nitrogen and oxygen atoms in total. The number of unbranched alkanes of at least 4 members (excludes halogenated alkanes) is 24. The number of allylic oxidation sites excluding steroid dienone is 25. The van der Waals surface area contributed by atoms with Crippen molar-refractivity contribution in [1.29, 1.82) is 0 Å². The standard InChI is InChI=1S/C77H124O6/c1-4-7-10-13-16-19-22-25-28-30-32-34-36-37-38-39-41-42-44-46-49-52-55-58-61-64-67-70-76(79)82-73-74(72-81-75(78)69-66-63-60-57-54-51-48-27-24-21-18-15-12-9-6-3)83-77(80)71-68-65-62-59-56-53-50-47-45-43-40-35-33-31-29-26-23-20-17-14-11-8-5-2/h7-12,16-21,25-29,32-35,48,54,57,63,66,74H,4-6,13-15,22-24,30-31,36-47,49-53,55-56,58-62,64-65,67-73H2,1-3H3/b10-7-,11-8-,12-9-,19-16-,20-17-,21-18-,28-25-,29-26-,34-32-,35-33-,48-27-,57-54-,66-63-. The molecule has 1 atom stereocenters. The molecule has 0 N–H and O–H groups in total. The zero-order valence-electron chi connectivity index (χ0n) is 53.7. The molecule has 468 valence electrons. The molecular weight excluding hydrogens is 1020 g/mol. The largest absolute Gasteiger partial charge is 0.462 e. The van der Waals surface area contributed by atoms with E-state index < -0.39 is 12.1 Å². The van der Waals surface area contributed by atoms with E-state index in [-0.39, 0.29) is 31.6 Å². The molecule has 6 heteroatoms. The Kier molecular flexibility index (Phi) is 65.4. The summed E-state index contributed by atoms with van der Waals surface area (Å²) in [5.41, 5.74) is 0. The van der Waals surface area contributed by atoms with E-state index in [9.17, 15) is 14.4 Å². The van der Waals surface area contributed by atoms with E-state index in [0.717, 1.165) is 122 Å². The van der Waals surface area contributed by atoms with Gasteiger partial charge in [0, 0.05) is 12.8 Å². The van der Waals surface area contributed by atoms with Crippen molar-refractivity contribution in [3.63, 3.8) is 0 Å².